The largest absolute Gasteiger partial charge is 0.507 e. The number of amides is 1. The van der Waals surface area contributed by atoms with Crippen LogP contribution in [-0.4, -0.2) is 33.8 Å². The molecule has 1 aliphatic heterocycles. The van der Waals surface area contributed by atoms with E-state index in [2.05, 4.69) is 4.98 Å². The number of hydrogen-bond donors (Lipinski definition) is 1. The summed E-state index contributed by atoms with van der Waals surface area (Å²) < 4.78 is 19.3. The van der Waals surface area contributed by atoms with Crippen molar-refractivity contribution in [2.75, 3.05) is 12.0 Å². The van der Waals surface area contributed by atoms with Gasteiger partial charge < -0.3 is 9.84 Å². The lowest BCUT2D eigenvalue weighted by molar-refractivity contribution is -0.384. The number of aliphatic hydroxyl groups excluding tert-OH is 1. The number of fused-ring (bicyclic) bond motifs is 1. The lowest BCUT2D eigenvalue weighted by Gasteiger charge is -2.22. The first-order chi connectivity index (χ1) is 17.3. The minimum Gasteiger partial charge on any atom is -0.507 e. The number of benzene rings is 3. The van der Waals surface area contributed by atoms with E-state index in [9.17, 15) is 29.2 Å². The molecule has 11 heteroatoms. The smallest absolute Gasteiger partial charge is 0.301 e. The Morgan fingerprint density at radius 3 is 2.44 bits per heavy atom. The summed E-state index contributed by atoms with van der Waals surface area (Å²) >= 11 is 1.01. The third kappa shape index (κ3) is 3.85. The molecule has 1 amide bonds. The molecule has 0 aliphatic carbocycles. The van der Waals surface area contributed by atoms with Gasteiger partial charge in [0.2, 0.25) is 0 Å². The number of anilines is 1. The van der Waals surface area contributed by atoms with Crippen LogP contribution in [-0.2, 0) is 9.59 Å². The Morgan fingerprint density at radius 1 is 1.11 bits per heavy atom. The fourth-order valence-electron chi connectivity index (χ4n) is 4.02. The van der Waals surface area contributed by atoms with Crippen molar-refractivity contribution in [1.82, 2.24) is 4.98 Å². The Morgan fingerprint density at radius 2 is 1.81 bits per heavy atom. The zero-order valence-electron chi connectivity index (χ0n) is 18.5. The predicted molar refractivity (Wildman–Crippen MR) is 130 cm³/mol. The van der Waals surface area contributed by atoms with Crippen LogP contribution in [0.2, 0.25) is 0 Å². The molecule has 0 bridgehead atoms. The number of ketones is 1. The van der Waals surface area contributed by atoms with E-state index in [1.807, 2.05) is 0 Å². The molecule has 1 fully saturated rings. The van der Waals surface area contributed by atoms with Gasteiger partial charge in [-0.3, -0.25) is 24.6 Å². The van der Waals surface area contributed by atoms with Crippen LogP contribution in [0.1, 0.15) is 17.2 Å². The van der Waals surface area contributed by atoms with Gasteiger partial charge in [-0.1, -0.05) is 11.3 Å². The number of nitro benzene ring substituents is 1. The lowest BCUT2D eigenvalue weighted by atomic mass is 9.95. The Hall–Kier alpha value is -4.64. The number of non-ortho nitro benzene ring substituents is 1. The van der Waals surface area contributed by atoms with E-state index in [1.54, 1.807) is 12.1 Å². The molecule has 3 aromatic carbocycles. The molecule has 1 N–H and O–H groups in total. The van der Waals surface area contributed by atoms with Gasteiger partial charge >= 0.3 is 5.91 Å². The second-order valence-corrected chi connectivity index (χ2v) is 8.86. The van der Waals surface area contributed by atoms with E-state index in [0.717, 1.165) is 16.2 Å². The molecule has 0 saturated carbocycles. The molecule has 1 aliphatic rings. The molecule has 1 unspecified atom stereocenters. The second kappa shape index (κ2) is 8.86. The first kappa shape index (κ1) is 23.1. The summed E-state index contributed by atoms with van der Waals surface area (Å²) in [4.78, 5) is 42.6. The van der Waals surface area contributed by atoms with Crippen LogP contribution in [0.4, 0.5) is 15.2 Å². The number of rotatable bonds is 5. The van der Waals surface area contributed by atoms with Crippen molar-refractivity contribution in [2.24, 2.45) is 0 Å². The van der Waals surface area contributed by atoms with Gasteiger partial charge in [-0.25, -0.2) is 9.37 Å². The van der Waals surface area contributed by atoms with E-state index >= 15 is 0 Å². The number of hydrogen-bond acceptors (Lipinski definition) is 8. The number of nitrogens with zero attached hydrogens (tertiary/aromatic N) is 3. The summed E-state index contributed by atoms with van der Waals surface area (Å²) in [6.07, 6.45) is 0. The van der Waals surface area contributed by atoms with E-state index in [4.69, 9.17) is 4.74 Å². The number of Topliss-reactive ketones (excluding diaryl/α,β-unsaturated/α-hetero) is 1. The normalized spacial score (nSPS) is 17.1. The first-order valence-corrected chi connectivity index (χ1v) is 11.4. The molecule has 9 nitrogen and oxygen atoms in total. The number of aromatic nitrogens is 1. The van der Waals surface area contributed by atoms with E-state index in [1.165, 1.54) is 61.7 Å². The first-order valence-electron chi connectivity index (χ1n) is 10.5. The van der Waals surface area contributed by atoms with Crippen molar-refractivity contribution >= 4 is 49.8 Å². The molecule has 0 spiro atoms. The summed E-state index contributed by atoms with van der Waals surface area (Å²) in [5.74, 6) is -2.26. The zero-order chi connectivity index (χ0) is 25.6. The number of aliphatic hydroxyl groups is 1. The van der Waals surface area contributed by atoms with Crippen molar-refractivity contribution in [3.8, 4) is 5.75 Å². The number of methoxy groups -OCH3 is 1. The number of nitro groups is 1. The van der Waals surface area contributed by atoms with E-state index in [-0.39, 0.29) is 22.0 Å². The van der Waals surface area contributed by atoms with Crippen molar-refractivity contribution < 1.29 is 28.7 Å². The monoisotopic (exact) mass is 505 g/mol. The summed E-state index contributed by atoms with van der Waals surface area (Å²) in [6.45, 7) is 0. The standard InChI is InChI=1S/C25H16FN3O6S/c1-35-17-9-4-14(5-10-17)22(30)20-21(13-2-7-16(8-3-13)29(33)34)28(24(32)23(20)31)25-27-18-11-6-15(26)12-19(18)36-25/h2-12,21,30H,1H3/b22-20+. The summed E-state index contributed by atoms with van der Waals surface area (Å²) in [6, 6.07) is 14.4. The molecule has 0 radical (unpaired) electrons. The highest BCUT2D eigenvalue weighted by Crippen LogP contribution is 2.44. The lowest BCUT2D eigenvalue weighted by Crippen LogP contribution is -2.29. The second-order valence-electron chi connectivity index (χ2n) is 7.85. The predicted octanol–water partition coefficient (Wildman–Crippen LogP) is 4.98. The maximum atomic E-state index is 13.8. The highest BCUT2D eigenvalue weighted by molar-refractivity contribution is 7.22. The summed E-state index contributed by atoms with van der Waals surface area (Å²) in [7, 11) is 1.48. The molecular formula is C25H16FN3O6S. The van der Waals surface area contributed by atoms with Crippen LogP contribution in [0.3, 0.4) is 0 Å². The summed E-state index contributed by atoms with van der Waals surface area (Å²) in [5, 5.41) is 22.4. The van der Waals surface area contributed by atoms with Crippen LogP contribution in [0.15, 0.2) is 72.3 Å². The Labute approximate surface area is 206 Å². The van der Waals surface area contributed by atoms with Crippen molar-refractivity contribution in [3.05, 3.63) is 99.4 Å². The van der Waals surface area contributed by atoms with Gasteiger partial charge in [0.05, 0.1) is 33.9 Å². The Bertz CT molecular complexity index is 1560. The minimum absolute atomic E-state index is 0.120. The quantitative estimate of drug-likeness (QED) is 0.133. The third-order valence-corrected chi connectivity index (χ3v) is 6.79. The van der Waals surface area contributed by atoms with Gasteiger partial charge in [0.15, 0.2) is 5.13 Å². The maximum Gasteiger partial charge on any atom is 0.301 e. The van der Waals surface area contributed by atoms with E-state index in [0.29, 0.717) is 21.5 Å². The highest BCUT2D eigenvalue weighted by Gasteiger charge is 2.48. The maximum absolute atomic E-state index is 13.8. The van der Waals surface area contributed by atoms with Crippen molar-refractivity contribution in [3.63, 3.8) is 0 Å². The SMILES string of the molecule is COc1ccc(/C(O)=C2\C(=O)C(=O)N(c3nc4ccc(F)cc4s3)C2c2ccc([N+](=O)[O-])cc2)cc1. The fourth-order valence-corrected chi connectivity index (χ4v) is 5.03. The van der Waals surface area contributed by atoms with E-state index < -0.39 is 34.2 Å². The highest BCUT2D eigenvalue weighted by atomic mass is 32.1. The molecule has 4 aromatic rings. The molecule has 2 heterocycles. The number of halogens is 1. The minimum atomic E-state index is -1.13. The van der Waals surface area contributed by atoms with Gasteiger partial charge in [-0.15, -0.1) is 0 Å². The number of ether oxygens (including phenoxy) is 1. The van der Waals surface area contributed by atoms with Gasteiger partial charge in [0, 0.05) is 17.7 Å². The molecule has 36 heavy (non-hydrogen) atoms. The van der Waals surface area contributed by atoms with Crippen LogP contribution in [0.25, 0.3) is 16.0 Å². The molecule has 1 saturated heterocycles. The fraction of sp³-hybridized carbons (Fsp3) is 0.0800. The molecule has 180 valence electrons. The molecule has 1 atom stereocenters. The zero-order valence-corrected chi connectivity index (χ0v) is 19.4. The Kier molecular flexibility index (Phi) is 5.69. The summed E-state index contributed by atoms with van der Waals surface area (Å²) in [5.41, 5.74) is 0.661. The van der Waals surface area contributed by atoms with Gasteiger partial charge in [-0.05, 0) is 60.2 Å². The van der Waals surface area contributed by atoms with Gasteiger partial charge in [-0.2, -0.15) is 0 Å². The number of carbonyl (C=O) groups is 2. The topological polar surface area (TPSA) is 123 Å². The average molecular weight is 505 g/mol. The Balaban J connectivity index is 1.70. The van der Waals surface area contributed by atoms with Crippen LogP contribution in [0.5, 0.6) is 5.75 Å². The third-order valence-electron chi connectivity index (χ3n) is 5.77. The van der Waals surface area contributed by atoms with Gasteiger partial charge in [0.25, 0.3) is 11.5 Å². The van der Waals surface area contributed by atoms with Crippen LogP contribution in [0, 0.1) is 15.9 Å². The average Bonchev–Trinajstić information content (AvgIpc) is 3.41. The van der Waals surface area contributed by atoms with Crippen LogP contribution < -0.4 is 9.64 Å². The number of carbonyl (C=O) groups excluding carboxylic acids is 2. The molecule has 5 rings (SSSR count). The van der Waals surface area contributed by atoms with Crippen molar-refractivity contribution in [2.45, 2.75) is 6.04 Å². The van der Waals surface area contributed by atoms with Crippen molar-refractivity contribution in [1.29, 1.82) is 0 Å². The van der Waals surface area contributed by atoms with Gasteiger partial charge in [0.1, 0.15) is 17.3 Å². The van der Waals surface area contributed by atoms with Crippen LogP contribution >= 0.6 is 11.3 Å². The molecule has 1 aromatic heterocycles. The molecular weight excluding hydrogens is 489 g/mol. The number of thiazole rings is 1.